The zero-order chi connectivity index (χ0) is 73.6. The van der Waals surface area contributed by atoms with Crippen molar-refractivity contribution in [1.82, 2.24) is 9.80 Å². The molecule has 18 fully saturated rings. The average molecular weight is 1360 g/mol. The van der Waals surface area contributed by atoms with Gasteiger partial charge in [0, 0.05) is 47.2 Å². The van der Waals surface area contributed by atoms with Gasteiger partial charge in [-0.15, -0.1) is 0 Å². The summed E-state index contributed by atoms with van der Waals surface area (Å²) < 4.78 is 84.5. The zero-order valence-corrected chi connectivity index (χ0v) is 65.3. The fourth-order valence-corrected chi connectivity index (χ4v) is 34.6. The molecule has 99 heavy (non-hydrogen) atoms. The molecule has 2 nitrogen and oxygen atoms in total. The van der Waals surface area contributed by atoms with E-state index >= 15 is 0 Å². The summed E-state index contributed by atoms with van der Waals surface area (Å²) in [4.78, 5) is 7.19. The summed E-state index contributed by atoms with van der Waals surface area (Å²) in [5.74, 6) is 17.2. The van der Waals surface area contributed by atoms with E-state index in [1.165, 1.54) is 295 Å². The molecule has 0 aromatic heterocycles. The maximum Gasteiger partial charge on any atom is 0.157 e. The van der Waals surface area contributed by atoms with Crippen LogP contribution < -0.4 is 0 Å². The molecule has 0 aromatic carbocycles. The predicted octanol–water partition coefficient (Wildman–Crippen LogP) is 26.8. The summed E-state index contributed by atoms with van der Waals surface area (Å²) in [5.41, 5.74) is 0.168. The first kappa shape index (κ1) is 61.8. The Labute approximate surface area is 625 Å². The third-order valence-electron chi connectivity index (χ3n) is 37.8. The standard InChI is InChI=1S/C96H161BN2/c1-61-62(2)93-91(63(3)88(61)78-50-48-74-46-45-72-43-28-44-73-47-51-79(78)90(74)89(72)73)97-84-59-75(65-29-14-7-15-30-65)49-52-85(84)98(94-80(68-35-20-10-21-36-68)55-76(66-31-16-8-17-32-66)56-81(94)69-37-22-11-23-38-69)86-53-64(60-96(4,5)6)54-87(92(86)97)99(93)95-82(70-39-24-12-25-40-70)57-77(67-33-18-9-19-34-67)58-83(95)71-41-26-13-27-42-71/h61-95H,7-60H2,1-6H3/t61?,62-,63?,64?,72?,73?,74?,75?,76?,77?,78?,79+,80-,81?,82?,83?,84?,85+,86?,87?,88?,89?,90?,91?,92?,93?,94?,95?/m1/s1/i7D,14D,15D,29D,30D,49D,52D,59D/t7?,14?,15?,29?,30?,49-,52?,59-,61?,62-,63?,64?,65?,72?,73?,74?,75?,76?,77?,78?,79+,80-,81?,82?,83?,84?,85+,86?,87?,88?,89?,90?,91?,92?,93?,94?,95?. The van der Waals surface area contributed by atoms with Crippen LogP contribution in [0.3, 0.4) is 0 Å². The lowest BCUT2D eigenvalue weighted by molar-refractivity contribution is -0.163. The van der Waals surface area contributed by atoms with Crippen LogP contribution in [0.1, 0.15) is 399 Å². The van der Waals surface area contributed by atoms with Crippen LogP contribution in [0.2, 0.25) is 17.5 Å². The molecule has 18 aliphatic rings. The Morgan fingerprint density at radius 3 is 1.19 bits per heavy atom. The summed E-state index contributed by atoms with van der Waals surface area (Å²) in [5, 5.41) is 0. The number of nitrogens with zero attached hydrogens (tertiary/aromatic N) is 2. The van der Waals surface area contributed by atoms with E-state index in [9.17, 15) is 11.0 Å². The minimum absolute atomic E-state index is 0.153. The fourth-order valence-electron chi connectivity index (χ4n) is 34.6. The summed E-state index contributed by atoms with van der Waals surface area (Å²) in [6.45, 7) is 16.8. The molecule has 558 valence electrons. The minimum atomic E-state index is -1.14. The quantitative estimate of drug-likeness (QED) is 0.190. The van der Waals surface area contributed by atoms with Crippen LogP contribution in [0, 0.1) is 159 Å². The van der Waals surface area contributed by atoms with E-state index in [1.54, 1.807) is 0 Å². The van der Waals surface area contributed by atoms with Gasteiger partial charge in [0.1, 0.15) is 0 Å². The van der Waals surface area contributed by atoms with Gasteiger partial charge in [0.2, 0.25) is 0 Å². The third kappa shape index (κ3) is 13.5. The first-order chi connectivity index (χ1) is 51.8. The van der Waals surface area contributed by atoms with Crippen molar-refractivity contribution in [2.24, 2.45) is 159 Å². The predicted molar refractivity (Wildman–Crippen MR) is 420 cm³/mol. The molecule has 2 aliphatic heterocycles. The molecule has 3 heteroatoms. The van der Waals surface area contributed by atoms with Crippen LogP contribution in [-0.4, -0.2) is 52.8 Å². The Morgan fingerprint density at radius 2 is 0.717 bits per heavy atom. The Balaban J connectivity index is 0.872. The third-order valence-corrected chi connectivity index (χ3v) is 37.8. The Kier molecular flexibility index (Phi) is 19.0. The second-order valence-corrected chi connectivity index (χ2v) is 43.2. The van der Waals surface area contributed by atoms with Crippen molar-refractivity contribution in [1.29, 1.82) is 0 Å². The molecule has 2 heterocycles. The van der Waals surface area contributed by atoms with E-state index < -0.39 is 63.0 Å². The van der Waals surface area contributed by atoms with Gasteiger partial charge in [-0.25, -0.2) is 0 Å². The molecule has 18 rings (SSSR count). The summed E-state index contributed by atoms with van der Waals surface area (Å²) >= 11 is 0. The van der Waals surface area contributed by atoms with E-state index in [2.05, 4.69) is 51.3 Å². The highest BCUT2D eigenvalue weighted by Crippen LogP contribution is 2.72. The molecule has 16 aliphatic carbocycles. The average Bonchev–Trinajstić information content (AvgIpc) is 0.671. The lowest BCUT2D eigenvalue weighted by Gasteiger charge is -2.74. The van der Waals surface area contributed by atoms with Crippen molar-refractivity contribution >= 4 is 6.71 Å². The topological polar surface area (TPSA) is 6.48 Å². The second kappa shape index (κ2) is 30.4. The highest BCUT2D eigenvalue weighted by Gasteiger charge is 2.72. The van der Waals surface area contributed by atoms with Crippen LogP contribution in [-0.2, 0) is 0 Å². The molecule has 27 unspecified atom stereocenters. The summed E-state index contributed by atoms with van der Waals surface area (Å²) in [6, 6.07) is 1.86. The molecule has 0 aromatic rings. The summed E-state index contributed by atoms with van der Waals surface area (Å²) in [7, 11) is 0. The van der Waals surface area contributed by atoms with E-state index in [-0.39, 0.29) is 24.0 Å². The van der Waals surface area contributed by atoms with Gasteiger partial charge in [0.25, 0.3) is 0 Å². The number of hydrogen-bond donors (Lipinski definition) is 0. The maximum atomic E-state index is 12.2. The molecule has 0 radical (unpaired) electrons. The Hall–Kier alpha value is -0.0151. The van der Waals surface area contributed by atoms with Gasteiger partial charge >= 0.3 is 0 Å². The molecule has 0 bridgehead atoms. The first-order valence-electron chi connectivity index (χ1n) is 51.4. The van der Waals surface area contributed by atoms with Crippen molar-refractivity contribution < 1.29 is 11.0 Å². The van der Waals surface area contributed by atoms with Crippen molar-refractivity contribution in [3.05, 3.63) is 0 Å². The Morgan fingerprint density at radius 1 is 0.303 bits per heavy atom. The van der Waals surface area contributed by atoms with Crippen molar-refractivity contribution in [3.8, 4) is 0 Å². The van der Waals surface area contributed by atoms with E-state index in [0.29, 0.717) is 95.1 Å². The lowest BCUT2D eigenvalue weighted by atomic mass is 9.16. The van der Waals surface area contributed by atoms with Gasteiger partial charge in [0.05, 0.1) is 0 Å². The van der Waals surface area contributed by atoms with Crippen LogP contribution in [0.4, 0.5) is 0 Å². The van der Waals surface area contributed by atoms with Gasteiger partial charge < -0.3 is 0 Å². The van der Waals surface area contributed by atoms with E-state index in [0.717, 1.165) is 88.8 Å². The van der Waals surface area contributed by atoms with E-state index in [4.69, 9.17) is 0 Å². The lowest BCUT2D eigenvalue weighted by Crippen LogP contribution is -2.79. The SMILES string of the molecule is [2H]C1C([2H])C([2H])C(C2[C@@H]([2H])C3B4C5C(C)C(C6CCC7CCC8CCCC9CC[C@@H]6C7C89)C(C)[C@@H](C)C5N(C5C(C6CCCCC6)CC(C6CCCCC6)CC5C5CCCCC5)C5CC(CC(C)(C)C)CC(C45)N(C4C(C5CCCCC5)CC(C5CCCCC5)C[C@@H]4C4CCCCC4)[C@H]3C([2H])[C@H]2[2H])C([2H])C1[2H]. The molecule has 2 saturated heterocycles. The highest BCUT2D eigenvalue weighted by molar-refractivity contribution is 6.65. The van der Waals surface area contributed by atoms with Gasteiger partial charge in [-0.2, -0.15) is 0 Å². The maximum absolute atomic E-state index is 12.2. The summed E-state index contributed by atoms with van der Waals surface area (Å²) in [6.07, 6.45) is 57.1. The molecule has 0 amide bonds. The van der Waals surface area contributed by atoms with Gasteiger partial charge in [0.15, 0.2) is 6.71 Å². The van der Waals surface area contributed by atoms with Gasteiger partial charge in [-0.3, -0.25) is 9.80 Å². The van der Waals surface area contributed by atoms with Crippen LogP contribution in [0.15, 0.2) is 0 Å². The molecule has 0 N–H and O–H groups in total. The van der Waals surface area contributed by atoms with Crippen LogP contribution in [0.5, 0.6) is 0 Å². The molecule has 16 saturated carbocycles. The zero-order valence-electron chi connectivity index (χ0n) is 73.3. The normalized spacial score (nSPS) is 57.1. The first-order valence-corrected chi connectivity index (χ1v) is 46.8. The molecule has 33 atom stereocenters. The van der Waals surface area contributed by atoms with Crippen molar-refractivity contribution in [2.75, 3.05) is 0 Å². The van der Waals surface area contributed by atoms with Gasteiger partial charge in [-0.05, 0) is 273 Å². The van der Waals surface area contributed by atoms with Crippen LogP contribution in [0.25, 0.3) is 0 Å². The number of fused-ring (bicyclic) bond motifs is 4. The largest absolute Gasteiger partial charge is 0.295 e. The smallest absolute Gasteiger partial charge is 0.157 e. The monoisotopic (exact) mass is 1360 g/mol. The highest BCUT2D eigenvalue weighted by atomic mass is 15.3. The number of hydrogen-bond acceptors (Lipinski definition) is 2. The molecule has 0 spiro atoms. The van der Waals surface area contributed by atoms with Crippen LogP contribution >= 0.6 is 0 Å². The van der Waals surface area contributed by atoms with E-state index in [1.807, 2.05) is 0 Å². The Bertz CT molecular complexity index is 2810. The molecular formula is C96H161BN2. The van der Waals surface area contributed by atoms with Crippen molar-refractivity contribution in [3.63, 3.8) is 0 Å². The number of rotatable bonds is 11. The fraction of sp³-hybridized carbons (Fsp3) is 1.00. The van der Waals surface area contributed by atoms with Gasteiger partial charge in [-0.1, -0.05) is 292 Å². The minimum Gasteiger partial charge on any atom is -0.295 e. The second-order valence-electron chi connectivity index (χ2n) is 43.2. The molecular weight excluding hydrogens is 1190 g/mol. The van der Waals surface area contributed by atoms with Crippen molar-refractivity contribution in [2.45, 2.75) is 442 Å².